The molecule has 5 heteroatoms. The number of aromatic carboxylic acids is 2. The summed E-state index contributed by atoms with van der Waals surface area (Å²) in [5, 5.41) is 17.2. The Morgan fingerprint density at radius 3 is 2.14 bits per heavy atom. The number of hydrogen-bond donors (Lipinski definition) is 2. The van der Waals surface area contributed by atoms with Crippen LogP contribution in [0.2, 0.25) is 0 Å². The summed E-state index contributed by atoms with van der Waals surface area (Å²) in [6, 6.07) is 3.91. The molecule has 0 amide bonds. The summed E-state index contributed by atoms with van der Waals surface area (Å²) in [7, 11) is 0. The summed E-state index contributed by atoms with van der Waals surface area (Å²) in [5.74, 6) is -2.10. The summed E-state index contributed by atoms with van der Waals surface area (Å²) in [4.78, 5) is 21.0. The van der Waals surface area contributed by atoms with Gasteiger partial charge in [-0.3, -0.25) is 0 Å². The van der Waals surface area contributed by atoms with E-state index in [2.05, 4.69) is 0 Å². The van der Waals surface area contributed by atoms with Crippen LogP contribution in [0, 0.1) is 6.92 Å². The van der Waals surface area contributed by atoms with Gasteiger partial charge in [-0.05, 0) is 30.7 Å². The second-order valence-corrected chi connectivity index (χ2v) is 2.64. The van der Waals surface area contributed by atoms with Gasteiger partial charge < -0.3 is 13.1 Å². The molecule has 0 radical (unpaired) electrons. The molecule has 1 rings (SSSR count). The molecular formula is C9H10MgO4. The molecule has 1 aromatic rings. The molecule has 0 heterocycles. The molecule has 2 N–H and O–H groups in total. The normalized spacial score (nSPS) is 8.93. The number of rotatable bonds is 2. The zero-order valence-corrected chi connectivity index (χ0v) is 9.06. The quantitative estimate of drug-likeness (QED) is 0.714. The summed E-state index contributed by atoms with van der Waals surface area (Å²) < 4.78 is 0. The predicted octanol–water partition coefficient (Wildman–Crippen LogP) is 1.24. The zero-order valence-electron chi connectivity index (χ0n) is 9.65. The third-order valence-corrected chi connectivity index (χ3v) is 1.70. The van der Waals surface area contributed by atoms with Crippen molar-refractivity contribution in [1.29, 1.82) is 0 Å². The van der Waals surface area contributed by atoms with Crippen LogP contribution in [-0.2, 0) is 0 Å². The van der Waals surface area contributed by atoms with Crippen LogP contribution in [-0.4, -0.2) is 45.2 Å². The maximum Gasteiger partial charge on any atom is 2.00 e. The Balaban J connectivity index is -0.000000563. The Morgan fingerprint density at radius 1 is 1.21 bits per heavy atom. The van der Waals surface area contributed by atoms with Crippen LogP contribution in [0.4, 0.5) is 0 Å². The van der Waals surface area contributed by atoms with E-state index in [1.165, 1.54) is 18.2 Å². The van der Waals surface area contributed by atoms with Crippen molar-refractivity contribution >= 4 is 35.0 Å². The van der Waals surface area contributed by atoms with E-state index in [4.69, 9.17) is 10.2 Å². The van der Waals surface area contributed by atoms with E-state index in [1.807, 2.05) is 0 Å². The average molecular weight is 206 g/mol. The number of aryl methyl sites for hydroxylation is 1. The fourth-order valence-electron chi connectivity index (χ4n) is 1.04. The number of hydrogen-bond acceptors (Lipinski definition) is 2. The third-order valence-electron chi connectivity index (χ3n) is 1.70. The first-order valence-electron chi connectivity index (χ1n) is 3.59. The first-order chi connectivity index (χ1) is 6.02. The average Bonchev–Trinajstić information content (AvgIpc) is 2.03. The molecule has 0 fully saturated rings. The van der Waals surface area contributed by atoms with Crippen LogP contribution in [0.5, 0.6) is 0 Å². The molecule has 14 heavy (non-hydrogen) atoms. The second kappa shape index (κ2) is 4.97. The summed E-state index contributed by atoms with van der Waals surface area (Å²) in [5.41, 5.74) is 0.680. The molecule has 0 bridgehead atoms. The molecule has 0 aliphatic carbocycles. The number of carbonyl (C=O) groups is 2. The maximum absolute atomic E-state index is 10.6. The Kier molecular flexibility index (Phi) is 4.59. The molecule has 0 saturated heterocycles. The van der Waals surface area contributed by atoms with Crippen molar-refractivity contribution in [2.24, 2.45) is 0 Å². The summed E-state index contributed by atoms with van der Waals surface area (Å²) >= 11 is 0. The Labute approximate surface area is 99.7 Å². The first kappa shape index (κ1) is 12.9. The Morgan fingerprint density at radius 2 is 1.79 bits per heavy atom. The Hall–Kier alpha value is -1.07. The van der Waals surface area contributed by atoms with E-state index in [0.29, 0.717) is 5.56 Å². The molecule has 0 aliphatic heterocycles. The van der Waals surface area contributed by atoms with Gasteiger partial charge in [0, 0.05) is 0 Å². The predicted molar refractivity (Wildman–Crippen MR) is 53.1 cm³/mol. The standard InChI is InChI=1S/C9H8O4.Mg.2H/c1-5-4-6(8(10)11)2-3-7(5)9(12)13;;;/h2-4H,1H3,(H,10,11)(H,12,13);;;/q;+2;2*-1. The molecule has 0 spiro atoms. The Bertz CT molecular complexity index is 382. The molecule has 0 aliphatic rings. The number of carboxylic acids is 2. The van der Waals surface area contributed by atoms with Gasteiger partial charge in [-0.25, -0.2) is 9.59 Å². The van der Waals surface area contributed by atoms with Crippen molar-refractivity contribution in [3.63, 3.8) is 0 Å². The summed E-state index contributed by atoms with van der Waals surface area (Å²) in [6.07, 6.45) is 0. The van der Waals surface area contributed by atoms with Gasteiger partial charge in [0.2, 0.25) is 0 Å². The van der Waals surface area contributed by atoms with Crippen LogP contribution < -0.4 is 0 Å². The van der Waals surface area contributed by atoms with Crippen LogP contribution in [0.15, 0.2) is 18.2 Å². The fraction of sp³-hybridized carbons (Fsp3) is 0.111. The minimum absolute atomic E-state index is 0. The molecule has 1 aromatic carbocycles. The van der Waals surface area contributed by atoms with E-state index in [0.717, 1.165) is 0 Å². The molecular weight excluding hydrogens is 196 g/mol. The van der Waals surface area contributed by atoms with Crippen molar-refractivity contribution in [3.05, 3.63) is 34.9 Å². The number of benzene rings is 1. The van der Waals surface area contributed by atoms with Gasteiger partial charge in [-0.15, -0.1) is 0 Å². The third kappa shape index (κ3) is 2.71. The van der Waals surface area contributed by atoms with Gasteiger partial charge in [0.25, 0.3) is 0 Å². The molecule has 0 aromatic heterocycles. The molecule has 0 atom stereocenters. The summed E-state index contributed by atoms with van der Waals surface area (Å²) in [6.45, 7) is 1.57. The molecule has 72 valence electrons. The zero-order chi connectivity index (χ0) is 10.0. The van der Waals surface area contributed by atoms with E-state index >= 15 is 0 Å². The van der Waals surface area contributed by atoms with Crippen molar-refractivity contribution in [3.8, 4) is 0 Å². The van der Waals surface area contributed by atoms with Crippen LogP contribution in [0.3, 0.4) is 0 Å². The largest absolute Gasteiger partial charge is 2.00 e. The molecule has 4 nitrogen and oxygen atoms in total. The van der Waals surface area contributed by atoms with Gasteiger partial charge in [0.05, 0.1) is 11.1 Å². The van der Waals surface area contributed by atoms with Crippen LogP contribution in [0.25, 0.3) is 0 Å². The van der Waals surface area contributed by atoms with Crippen LogP contribution in [0.1, 0.15) is 29.1 Å². The second-order valence-electron chi connectivity index (χ2n) is 2.64. The maximum atomic E-state index is 10.6. The van der Waals surface area contributed by atoms with Gasteiger partial charge in [-0.1, -0.05) is 0 Å². The topological polar surface area (TPSA) is 74.6 Å². The smallest absolute Gasteiger partial charge is 1.00 e. The molecule has 0 unspecified atom stereocenters. The molecule has 0 saturated carbocycles. The van der Waals surface area contributed by atoms with Gasteiger partial charge in [0.15, 0.2) is 0 Å². The van der Waals surface area contributed by atoms with Gasteiger partial charge in [0.1, 0.15) is 0 Å². The van der Waals surface area contributed by atoms with E-state index in [9.17, 15) is 9.59 Å². The first-order valence-corrected chi connectivity index (χ1v) is 3.59. The monoisotopic (exact) mass is 206 g/mol. The van der Waals surface area contributed by atoms with E-state index < -0.39 is 11.9 Å². The van der Waals surface area contributed by atoms with Crippen molar-refractivity contribution < 1.29 is 22.7 Å². The van der Waals surface area contributed by atoms with Crippen molar-refractivity contribution in [1.82, 2.24) is 0 Å². The van der Waals surface area contributed by atoms with E-state index in [-0.39, 0.29) is 37.0 Å². The van der Waals surface area contributed by atoms with Gasteiger partial charge >= 0.3 is 35.0 Å². The minimum Gasteiger partial charge on any atom is -1.00 e. The van der Waals surface area contributed by atoms with Crippen LogP contribution >= 0.6 is 0 Å². The fourth-order valence-corrected chi connectivity index (χ4v) is 1.04. The van der Waals surface area contributed by atoms with E-state index in [1.54, 1.807) is 6.92 Å². The SMILES string of the molecule is Cc1cc(C(=O)O)ccc1C(=O)O.[H-].[H-].[Mg+2]. The van der Waals surface area contributed by atoms with Gasteiger partial charge in [-0.2, -0.15) is 0 Å². The van der Waals surface area contributed by atoms with Crippen molar-refractivity contribution in [2.45, 2.75) is 6.92 Å². The van der Waals surface area contributed by atoms with Crippen molar-refractivity contribution in [2.75, 3.05) is 0 Å². The minimum atomic E-state index is -1.06. The number of carboxylic acid groups (broad SMARTS) is 2.